The van der Waals surface area contributed by atoms with Gasteiger partial charge >= 0.3 is 0 Å². The molecule has 118 valence electrons. The third kappa shape index (κ3) is 4.81. The number of methoxy groups -OCH3 is 1. The van der Waals surface area contributed by atoms with E-state index in [9.17, 15) is 14.0 Å². The molecular weight excluding hydrogens is 309 g/mol. The van der Waals surface area contributed by atoms with Crippen LogP contribution in [0.5, 0.6) is 0 Å². The van der Waals surface area contributed by atoms with Gasteiger partial charge in [0.2, 0.25) is 11.8 Å². The van der Waals surface area contributed by atoms with E-state index in [1.54, 1.807) is 7.11 Å². The number of amidine groups is 1. The Morgan fingerprint density at radius 3 is 2.86 bits per heavy atom. The highest BCUT2D eigenvalue weighted by Crippen LogP contribution is 2.23. The summed E-state index contributed by atoms with van der Waals surface area (Å²) in [6.45, 7) is 0.920. The van der Waals surface area contributed by atoms with E-state index in [0.29, 0.717) is 24.0 Å². The van der Waals surface area contributed by atoms with Crippen LogP contribution >= 0.6 is 11.8 Å². The average Bonchev–Trinajstić information content (AvgIpc) is 2.82. The number of thioether (sulfide) groups is 1. The van der Waals surface area contributed by atoms with Crippen LogP contribution in [0.25, 0.3) is 0 Å². The van der Waals surface area contributed by atoms with E-state index < -0.39 is 5.25 Å². The molecule has 1 atom stereocenters. The average molecular weight is 325 g/mol. The number of carbonyl (C=O) groups excluding carboxylic acids is 2. The zero-order chi connectivity index (χ0) is 15.9. The van der Waals surface area contributed by atoms with Gasteiger partial charge < -0.3 is 15.4 Å². The molecule has 22 heavy (non-hydrogen) atoms. The molecule has 2 rings (SSSR count). The summed E-state index contributed by atoms with van der Waals surface area (Å²) >= 11 is 1.22. The number of nitrogens with zero attached hydrogens (tertiary/aromatic N) is 1. The van der Waals surface area contributed by atoms with Crippen LogP contribution in [-0.2, 0) is 14.3 Å². The molecule has 1 aliphatic heterocycles. The number of hydrogen-bond donors (Lipinski definition) is 2. The minimum absolute atomic E-state index is 0.0250. The summed E-state index contributed by atoms with van der Waals surface area (Å²) in [6, 6.07) is 5.44. The molecule has 2 N–H and O–H groups in total. The van der Waals surface area contributed by atoms with Crippen molar-refractivity contribution in [3.8, 4) is 0 Å². The highest BCUT2D eigenvalue weighted by molar-refractivity contribution is 8.15. The summed E-state index contributed by atoms with van der Waals surface area (Å²) in [5, 5.41) is 5.24. The fourth-order valence-corrected chi connectivity index (χ4v) is 2.76. The Bertz CT molecular complexity index is 577. The summed E-state index contributed by atoms with van der Waals surface area (Å²) < 4.78 is 17.7. The number of anilines is 1. The Kier molecular flexibility index (Phi) is 5.91. The van der Waals surface area contributed by atoms with Gasteiger partial charge in [-0.3, -0.25) is 14.6 Å². The summed E-state index contributed by atoms with van der Waals surface area (Å²) in [5.74, 6) is -0.923. The molecule has 0 aliphatic carbocycles. The van der Waals surface area contributed by atoms with Crippen molar-refractivity contribution < 1.29 is 18.7 Å². The predicted molar refractivity (Wildman–Crippen MR) is 83.3 cm³/mol. The zero-order valence-electron chi connectivity index (χ0n) is 12.0. The third-order valence-corrected chi connectivity index (χ3v) is 3.95. The maximum Gasteiger partial charge on any atom is 0.240 e. The van der Waals surface area contributed by atoms with E-state index in [1.807, 2.05) is 0 Å². The van der Waals surface area contributed by atoms with Crippen molar-refractivity contribution in [3.63, 3.8) is 0 Å². The normalized spacial score (nSPS) is 19.3. The standard InChI is InChI=1S/C14H16FN3O3S/c1-21-7-6-16-14-18-13(20)11(22-14)8-12(19)17-10-4-2-9(15)3-5-10/h2-5,11H,6-8H2,1H3,(H,17,19)(H,16,18,20). The van der Waals surface area contributed by atoms with Gasteiger partial charge in [-0.1, -0.05) is 11.8 Å². The van der Waals surface area contributed by atoms with E-state index in [2.05, 4.69) is 15.6 Å². The first-order chi connectivity index (χ1) is 10.6. The molecule has 0 bridgehead atoms. The minimum Gasteiger partial charge on any atom is -0.383 e. The van der Waals surface area contributed by atoms with Gasteiger partial charge in [-0.2, -0.15) is 0 Å². The van der Waals surface area contributed by atoms with Crippen LogP contribution in [0.2, 0.25) is 0 Å². The maximum atomic E-state index is 12.8. The maximum absolute atomic E-state index is 12.8. The Labute approximate surface area is 131 Å². The monoisotopic (exact) mass is 325 g/mol. The number of carbonyl (C=O) groups is 2. The number of aliphatic imine (C=N–C) groups is 1. The van der Waals surface area contributed by atoms with E-state index in [1.165, 1.54) is 36.0 Å². The second-order valence-corrected chi connectivity index (χ2v) is 5.73. The van der Waals surface area contributed by atoms with Gasteiger partial charge in [0.1, 0.15) is 11.1 Å². The molecule has 0 aromatic heterocycles. The fraction of sp³-hybridized carbons (Fsp3) is 0.357. The lowest BCUT2D eigenvalue weighted by molar-refractivity contribution is -0.122. The number of amides is 2. The fourth-order valence-electron chi connectivity index (χ4n) is 1.77. The van der Waals surface area contributed by atoms with Gasteiger partial charge in [-0.15, -0.1) is 0 Å². The van der Waals surface area contributed by atoms with Gasteiger partial charge in [0.15, 0.2) is 5.17 Å². The highest BCUT2D eigenvalue weighted by atomic mass is 32.2. The predicted octanol–water partition coefficient (Wildman–Crippen LogP) is 1.39. The minimum atomic E-state index is -0.512. The SMILES string of the molecule is COCCN=C1NC(=O)C(CC(=O)Nc2ccc(F)cc2)S1. The van der Waals surface area contributed by atoms with E-state index in [4.69, 9.17) is 4.74 Å². The summed E-state index contributed by atoms with van der Waals surface area (Å²) in [4.78, 5) is 27.8. The number of ether oxygens (including phenoxy) is 1. The zero-order valence-corrected chi connectivity index (χ0v) is 12.8. The van der Waals surface area contributed by atoms with Gasteiger partial charge in [-0.05, 0) is 24.3 Å². The van der Waals surface area contributed by atoms with Crippen LogP contribution in [0.3, 0.4) is 0 Å². The topological polar surface area (TPSA) is 79.8 Å². The lowest BCUT2D eigenvalue weighted by Crippen LogP contribution is -2.28. The molecule has 0 saturated carbocycles. The van der Waals surface area contributed by atoms with Crippen molar-refractivity contribution in [2.24, 2.45) is 4.99 Å². The molecule has 1 saturated heterocycles. The summed E-state index contributed by atoms with van der Waals surface area (Å²) in [5.41, 5.74) is 0.490. The van der Waals surface area contributed by atoms with Gasteiger partial charge in [-0.25, -0.2) is 4.39 Å². The van der Waals surface area contributed by atoms with Crippen molar-refractivity contribution in [2.45, 2.75) is 11.7 Å². The molecule has 0 radical (unpaired) electrons. The molecule has 1 aliphatic rings. The lowest BCUT2D eigenvalue weighted by Gasteiger charge is -2.07. The second kappa shape index (κ2) is 7.90. The van der Waals surface area contributed by atoms with Crippen molar-refractivity contribution >= 4 is 34.4 Å². The van der Waals surface area contributed by atoms with Crippen LogP contribution in [0.1, 0.15) is 6.42 Å². The Hall–Kier alpha value is -1.93. The van der Waals surface area contributed by atoms with Gasteiger partial charge in [0.05, 0.1) is 13.2 Å². The molecular formula is C14H16FN3O3S. The number of rotatable bonds is 6. The van der Waals surface area contributed by atoms with E-state index in [-0.39, 0.29) is 24.1 Å². The number of benzene rings is 1. The van der Waals surface area contributed by atoms with Crippen molar-refractivity contribution in [1.29, 1.82) is 0 Å². The lowest BCUT2D eigenvalue weighted by atomic mass is 10.2. The first-order valence-corrected chi connectivity index (χ1v) is 7.53. The molecule has 1 aromatic rings. The van der Waals surface area contributed by atoms with Crippen LogP contribution < -0.4 is 10.6 Å². The molecule has 1 aromatic carbocycles. The molecule has 1 heterocycles. The largest absolute Gasteiger partial charge is 0.383 e. The third-order valence-electron chi connectivity index (χ3n) is 2.83. The second-order valence-electron chi connectivity index (χ2n) is 4.53. The van der Waals surface area contributed by atoms with Crippen molar-refractivity contribution in [3.05, 3.63) is 30.1 Å². The number of hydrogen-bond acceptors (Lipinski definition) is 5. The van der Waals surface area contributed by atoms with Crippen molar-refractivity contribution in [1.82, 2.24) is 5.32 Å². The van der Waals surface area contributed by atoms with Crippen molar-refractivity contribution in [2.75, 3.05) is 25.6 Å². The molecule has 1 unspecified atom stereocenters. The van der Waals surface area contributed by atoms with Crippen LogP contribution in [0.15, 0.2) is 29.3 Å². The Morgan fingerprint density at radius 1 is 1.45 bits per heavy atom. The van der Waals surface area contributed by atoms with Crippen LogP contribution in [0, 0.1) is 5.82 Å². The van der Waals surface area contributed by atoms with Crippen LogP contribution in [-0.4, -0.2) is 42.5 Å². The quantitative estimate of drug-likeness (QED) is 0.775. The molecule has 0 spiro atoms. The van der Waals surface area contributed by atoms with Gasteiger partial charge in [0, 0.05) is 19.2 Å². The molecule has 2 amide bonds. The number of halogens is 1. The smallest absolute Gasteiger partial charge is 0.240 e. The van der Waals surface area contributed by atoms with E-state index >= 15 is 0 Å². The Morgan fingerprint density at radius 2 is 2.18 bits per heavy atom. The molecule has 8 heteroatoms. The highest BCUT2D eigenvalue weighted by Gasteiger charge is 2.31. The molecule has 1 fully saturated rings. The Balaban J connectivity index is 1.85. The summed E-state index contributed by atoms with van der Waals surface area (Å²) in [6.07, 6.45) is 0.0250. The molecule has 6 nitrogen and oxygen atoms in total. The first-order valence-electron chi connectivity index (χ1n) is 6.65. The van der Waals surface area contributed by atoms with E-state index in [0.717, 1.165) is 0 Å². The first kappa shape index (κ1) is 16.4. The summed E-state index contributed by atoms with van der Waals surface area (Å²) in [7, 11) is 1.57. The van der Waals surface area contributed by atoms with Gasteiger partial charge in [0.25, 0.3) is 0 Å². The van der Waals surface area contributed by atoms with Crippen LogP contribution in [0.4, 0.5) is 10.1 Å². The number of nitrogens with one attached hydrogen (secondary N) is 2.